The molecule has 2 amide bonds. The SMILES string of the molecule is CCOC(=O)NNC(=O)C(CCSC)NS(=O)(=O)c1ccccc1. The molecule has 0 radical (unpaired) electrons. The van der Waals surface area contributed by atoms with Crippen molar-refractivity contribution in [3.63, 3.8) is 0 Å². The first-order valence-corrected chi connectivity index (χ1v) is 10.1. The topological polar surface area (TPSA) is 114 Å². The summed E-state index contributed by atoms with van der Waals surface area (Å²) in [4.78, 5) is 23.4. The highest BCUT2D eigenvalue weighted by Gasteiger charge is 2.25. The Morgan fingerprint density at radius 3 is 2.46 bits per heavy atom. The third-order valence-electron chi connectivity index (χ3n) is 2.84. The number of nitrogens with one attached hydrogen (secondary N) is 3. The normalized spacial score (nSPS) is 12.2. The highest BCUT2D eigenvalue weighted by molar-refractivity contribution is 7.98. The van der Waals surface area contributed by atoms with Crippen LogP contribution in [0.2, 0.25) is 0 Å². The van der Waals surface area contributed by atoms with Crippen LogP contribution in [0, 0.1) is 0 Å². The number of ether oxygens (including phenoxy) is 1. The van der Waals surface area contributed by atoms with Crippen LogP contribution >= 0.6 is 11.8 Å². The Morgan fingerprint density at radius 1 is 1.21 bits per heavy atom. The maximum absolute atomic E-state index is 12.3. The number of carbonyl (C=O) groups is 2. The predicted octanol–water partition coefficient (Wildman–Crippen LogP) is 0.864. The summed E-state index contributed by atoms with van der Waals surface area (Å²) in [5.74, 6) is -0.106. The Bertz CT molecular complexity index is 637. The van der Waals surface area contributed by atoms with Gasteiger partial charge in [0.1, 0.15) is 6.04 Å². The van der Waals surface area contributed by atoms with E-state index in [0.29, 0.717) is 5.75 Å². The number of amides is 2. The largest absolute Gasteiger partial charge is 0.449 e. The van der Waals surface area contributed by atoms with Crippen molar-refractivity contribution in [3.8, 4) is 0 Å². The van der Waals surface area contributed by atoms with E-state index in [9.17, 15) is 18.0 Å². The van der Waals surface area contributed by atoms with E-state index in [1.165, 1.54) is 23.9 Å². The maximum atomic E-state index is 12.3. The summed E-state index contributed by atoms with van der Waals surface area (Å²) < 4.78 is 31.7. The van der Waals surface area contributed by atoms with E-state index in [-0.39, 0.29) is 17.9 Å². The van der Waals surface area contributed by atoms with Gasteiger partial charge in [-0.15, -0.1) is 0 Å². The number of rotatable bonds is 8. The van der Waals surface area contributed by atoms with Crippen LogP contribution in [0.4, 0.5) is 4.79 Å². The van der Waals surface area contributed by atoms with Gasteiger partial charge in [-0.3, -0.25) is 10.2 Å². The van der Waals surface area contributed by atoms with E-state index in [0.717, 1.165) is 0 Å². The Balaban J connectivity index is 2.77. The van der Waals surface area contributed by atoms with Crippen molar-refractivity contribution in [2.45, 2.75) is 24.3 Å². The van der Waals surface area contributed by atoms with Gasteiger partial charge in [0, 0.05) is 0 Å². The fraction of sp³-hybridized carbons (Fsp3) is 0.429. The van der Waals surface area contributed by atoms with Crippen LogP contribution in [0.15, 0.2) is 35.2 Å². The molecule has 0 saturated carbocycles. The van der Waals surface area contributed by atoms with Crippen molar-refractivity contribution in [1.82, 2.24) is 15.6 Å². The van der Waals surface area contributed by atoms with Gasteiger partial charge in [-0.2, -0.15) is 16.5 Å². The molecule has 1 aromatic rings. The van der Waals surface area contributed by atoms with E-state index >= 15 is 0 Å². The van der Waals surface area contributed by atoms with Gasteiger partial charge in [-0.25, -0.2) is 18.6 Å². The van der Waals surface area contributed by atoms with Crippen molar-refractivity contribution in [3.05, 3.63) is 30.3 Å². The number of sulfonamides is 1. The van der Waals surface area contributed by atoms with E-state index in [1.54, 1.807) is 25.1 Å². The van der Waals surface area contributed by atoms with Gasteiger partial charge in [0.25, 0.3) is 5.91 Å². The Morgan fingerprint density at radius 2 is 1.88 bits per heavy atom. The first kappa shape index (κ1) is 20.3. The third kappa shape index (κ3) is 6.77. The Kier molecular flexibility index (Phi) is 8.58. The van der Waals surface area contributed by atoms with Crippen LogP contribution in [0.5, 0.6) is 0 Å². The molecular formula is C14H21N3O5S2. The van der Waals surface area contributed by atoms with Gasteiger partial charge in [-0.05, 0) is 37.5 Å². The molecule has 0 aliphatic rings. The molecule has 10 heteroatoms. The molecular weight excluding hydrogens is 354 g/mol. The molecule has 1 rings (SSSR count). The van der Waals surface area contributed by atoms with Gasteiger partial charge in [0.2, 0.25) is 10.0 Å². The van der Waals surface area contributed by atoms with Gasteiger partial charge in [-0.1, -0.05) is 18.2 Å². The summed E-state index contributed by atoms with van der Waals surface area (Å²) in [6, 6.07) is 6.72. The second-order valence-electron chi connectivity index (χ2n) is 4.60. The quantitative estimate of drug-likeness (QED) is 0.581. The number of carbonyl (C=O) groups excluding carboxylic acids is 2. The van der Waals surface area contributed by atoms with Gasteiger partial charge in [0.15, 0.2) is 0 Å². The number of hydrogen-bond acceptors (Lipinski definition) is 6. The highest BCUT2D eigenvalue weighted by atomic mass is 32.2. The fourth-order valence-electron chi connectivity index (χ4n) is 1.70. The molecule has 0 aromatic heterocycles. The number of hydrogen-bond donors (Lipinski definition) is 3. The van der Waals surface area contributed by atoms with E-state index in [2.05, 4.69) is 20.3 Å². The summed E-state index contributed by atoms with van der Waals surface area (Å²) in [5.41, 5.74) is 4.21. The minimum atomic E-state index is -3.85. The smallest absolute Gasteiger partial charge is 0.426 e. The average Bonchev–Trinajstić information content (AvgIpc) is 2.57. The van der Waals surface area contributed by atoms with Crippen LogP contribution in [-0.4, -0.2) is 45.1 Å². The minimum Gasteiger partial charge on any atom is -0.449 e. The summed E-state index contributed by atoms with van der Waals surface area (Å²) in [5, 5.41) is 0. The fourth-order valence-corrected chi connectivity index (χ4v) is 3.42. The standard InChI is InChI=1S/C14H21N3O5S2/c1-3-22-14(19)16-15-13(18)12(9-10-23-2)17-24(20,21)11-7-5-4-6-8-11/h4-8,12,17H,3,9-10H2,1-2H3,(H,15,18)(H,16,19). The summed E-state index contributed by atoms with van der Waals surface area (Å²) in [6.07, 6.45) is 1.29. The van der Waals surface area contributed by atoms with Crippen LogP contribution < -0.4 is 15.6 Å². The number of thioether (sulfide) groups is 1. The van der Waals surface area contributed by atoms with Crippen LogP contribution in [0.1, 0.15) is 13.3 Å². The zero-order valence-electron chi connectivity index (χ0n) is 13.4. The second-order valence-corrected chi connectivity index (χ2v) is 7.30. The second kappa shape index (κ2) is 10.2. The Hall–Kier alpha value is -1.78. The third-order valence-corrected chi connectivity index (χ3v) is 4.97. The monoisotopic (exact) mass is 375 g/mol. The molecule has 0 saturated heterocycles. The lowest BCUT2D eigenvalue weighted by molar-refractivity contribution is -0.123. The lowest BCUT2D eigenvalue weighted by Crippen LogP contribution is -2.52. The zero-order valence-corrected chi connectivity index (χ0v) is 15.1. The molecule has 0 aliphatic heterocycles. The summed E-state index contributed by atoms with van der Waals surface area (Å²) >= 11 is 1.47. The lowest BCUT2D eigenvalue weighted by Gasteiger charge is -2.18. The van der Waals surface area contributed by atoms with Gasteiger partial charge >= 0.3 is 6.09 Å². The van der Waals surface area contributed by atoms with Gasteiger partial charge in [0.05, 0.1) is 11.5 Å². The van der Waals surface area contributed by atoms with Crippen molar-refractivity contribution in [1.29, 1.82) is 0 Å². The van der Waals surface area contributed by atoms with Gasteiger partial charge < -0.3 is 4.74 Å². The minimum absolute atomic E-state index is 0.0605. The maximum Gasteiger partial charge on any atom is 0.426 e. The molecule has 0 heterocycles. The van der Waals surface area contributed by atoms with Crippen LogP contribution in [-0.2, 0) is 19.6 Å². The predicted molar refractivity (Wildman–Crippen MR) is 91.9 cm³/mol. The molecule has 0 fully saturated rings. The molecule has 0 aliphatic carbocycles. The molecule has 0 spiro atoms. The number of hydrazine groups is 1. The van der Waals surface area contributed by atoms with Crippen molar-refractivity contribution in [2.75, 3.05) is 18.6 Å². The molecule has 0 bridgehead atoms. The molecule has 24 heavy (non-hydrogen) atoms. The summed E-state index contributed by atoms with van der Waals surface area (Å²) in [7, 11) is -3.85. The first-order valence-electron chi connectivity index (χ1n) is 7.19. The van der Waals surface area contributed by atoms with E-state index in [4.69, 9.17) is 0 Å². The number of benzene rings is 1. The van der Waals surface area contributed by atoms with Crippen molar-refractivity contribution < 1.29 is 22.7 Å². The Labute approximate surface area is 145 Å². The molecule has 8 nitrogen and oxygen atoms in total. The van der Waals surface area contributed by atoms with E-state index in [1.807, 2.05) is 6.26 Å². The molecule has 134 valence electrons. The molecule has 1 atom stereocenters. The molecule has 1 unspecified atom stereocenters. The lowest BCUT2D eigenvalue weighted by atomic mass is 10.2. The van der Waals surface area contributed by atoms with Crippen molar-refractivity contribution in [2.24, 2.45) is 0 Å². The molecule has 1 aromatic carbocycles. The molecule has 3 N–H and O–H groups in total. The zero-order chi connectivity index (χ0) is 18.0. The van der Waals surface area contributed by atoms with E-state index < -0.39 is 28.1 Å². The average molecular weight is 375 g/mol. The van der Waals surface area contributed by atoms with Crippen LogP contribution in [0.3, 0.4) is 0 Å². The highest BCUT2D eigenvalue weighted by Crippen LogP contribution is 2.10. The van der Waals surface area contributed by atoms with Crippen LogP contribution in [0.25, 0.3) is 0 Å². The summed E-state index contributed by atoms with van der Waals surface area (Å²) in [6.45, 7) is 1.77. The van der Waals surface area contributed by atoms with Crippen molar-refractivity contribution >= 4 is 33.8 Å². The first-order chi connectivity index (χ1) is 11.4.